The van der Waals surface area contributed by atoms with Gasteiger partial charge in [-0.15, -0.1) is 6.58 Å². The molecule has 2 rings (SSSR count). The summed E-state index contributed by atoms with van der Waals surface area (Å²) in [6, 6.07) is 8.62. The molecule has 0 aliphatic carbocycles. The van der Waals surface area contributed by atoms with Crippen molar-refractivity contribution < 1.29 is 0 Å². The Morgan fingerprint density at radius 2 is 2.06 bits per heavy atom. The number of piperazine rings is 1. The molecule has 0 amide bonds. The second kappa shape index (κ2) is 6.93. The molecule has 1 fully saturated rings. The Morgan fingerprint density at radius 1 is 1.33 bits per heavy atom. The lowest BCUT2D eigenvalue weighted by Crippen LogP contribution is -2.45. The molecular formula is C15H21ClN2. The first kappa shape index (κ1) is 13.6. The van der Waals surface area contributed by atoms with Crippen LogP contribution in [0.3, 0.4) is 0 Å². The van der Waals surface area contributed by atoms with Crippen molar-refractivity contribution >= 4 is 11.6 Å². The third-order valence-corrected chi connectivity index (χ3v) is 3.85. The van der Waals surface area contributed by atoms with Crippen LogP contribution in [-0.4, -0.2) is 31.1 Å². The number of benzene rings is 1. The fourth-order valence-electron chi connectivity index (χ4n) is 2.55. The minimum atomic E-state index is 0.416. The monoisotopic (exact) mass is 264 g/mol. The summed E-state index contributed by atoms with van der Waals surface area (Å²) in [4.78, 5) is 2.53. The molecule has 0 radical (unpaired) electrons. The van der Waals surface area contributed by atoms with Gasteiger partial charge in [-0.2, -0.15) is 0 Å². The van der Waals surface area contributed by atoms with E-state index in [0.717, 1.165) is 44.0 Å². The molecule has 1 aromatic rings. The molecule has 0 saturated carbocycles. The fraction of sp³-hybridized carbons (Fsp3) is 0.467. The van der Waals surface area contributed by atoms with E-state index in [2.05, 4.69) is 28.9 Å². The van der Waals surface area contributed by atoms with Crippen molar-refractivity contribution in [3.63, 3.8) is 0 Å². The van der Waals surface area contributed by atoms with Gasteiger partial charge in [0, 0.05) is 37.2 Å². The lowest BCUT2D eigenvalue weighted by Gasteiger charge is -2.35. The van der Waals surface area contributed by atoms with Gasteiger partial charge < -0.3 is 5.32 Å². The quantitative estimate of drug-likeness (QED) is 0.822. The van der Waals surface area contributed by atoms with E-state index in [9.17, 15) is 0 Å². The average molecular weight is 265 g/mol. The van der Waals surface area contributed by atoms with Crippen LogP contribution in [0.25, 0.3) is 0 Å². The normalized spacial score (nSPS) is 18.5. The van der Waals surface area contributed by atoms with Crippen LogP contribution < -0.4 is 5.32 Å². The number of rotatable bonds is 5. The minimum Gasteiger partial charge on any atom is -0.314 e. The molecule has 3 heteroatoms. The number of halogens is 1. The van der Waals surface area contributed by atoms with Gasteiger partial charge in [-0.05, 0) is 24.5 Å². The summed E-state index contributed by atoms with van der Waals surface area (Å²) in [7, 11) is 0. The lowest BCUT2D eigenvalue weighted by molar-refractivity contribution is 0.166. The Kier molecular flexibility index (Phi) is 5.24. The summed E-state index contributed by atoms with van der Waals surface area (Å²) in [6.07, 6.45) is 4.11. The fourth-order valence-corrected chi connectivity index (χ4v) is 2.81. The smallest absolute Gasteiger partial charge is 0.0453 e. The van der Waals surface area contributed by atoms with Crippen molar-refractivity contribution in [3.05, 3.63) is 47.5 Å². The van der Waals surface area contributed by atoms with E-state index in [1.165, 1.54) is 5.56 Å². The molecule has 0 aromatic heterocycles. The summed E-state index contributed by atoms with van der Waals surface area (Å²) in [5.41, 5.74) is 1.25. The van der Waals surface area contributed by atoms with E-state index in [0.29, 0.717) is 6.04 Å². The molecule has 0 unspecified atom stereocenters. The van der Waals surface area contributed by atoms with Crippen LogP contribution in [0, 0.1) is 0 Å². The molecule has 1 aromatic carbocycles. The summed E-state index contributed by atoms with van der Waals surface area (Å²) < 4.78 is 0. The van der Waals surface area contributed by atoms with Crippen molar-refractivity contribution in [1.29, 1.82) is 0 Å². The third-order valence-electron chi connectivity index (χ3n) is 3.50. The van der Waals surface area contributed by atoms with Gasteiger partial charge in [-0.25, -0.2) is 0 Å². The zero-order valence-corrected chi connectivity index (χ0v) is 11.5. The maximum atomic E-state index is 6.35. The van der Waals surface area contributed by atoms with E-state index < -0.39 is 0 Å². The van der Waals surface area contributed by atoms with E-state index in [1.807, 2.05) is 18.2 Å². The highest BCUT2D eigenvalue weighted by molar-refractivity contribution is 6.31. The molecule has 1 saturated heterocycles. The van der Waals surface area contributed by atoms with E-state index in [4.69, 9.17) is 11.6 Å². The number of nitrogens with zero attached hydrogens (tertiary/aromatic N) is 1. The van der Waals surface area contributed by atoms with Crippen LogP contribution in [0.2, 0.25) is 5.02 Å². The molecule has 98 valence electrons. The third kappa shape index (κ3) is 3.35. The number of hydrogen-bond acceptors (Lipinski definition) is 2. The van der Waals surface area contributed by atoms with Crippen LogP contribution in [-0.2, 0) is 0 Å². The van der Waals surface area contributed by atoms with Crippen molar-refractivity contribution in [3.8, 4) is 0 Å². The topological polar surface area (TPSA) is 15.3 Å². The van der Waals surface area contributed by atoms with Crippen LogP contribution in [0.4, 0.5) is 0 Å². The predicted molar refractivity (Wildman–Crippen MR) is 78.1 cm³/mol. The molecule has 0 bridgehead atoms. The summed E-state index contributed by atoms with van der Waals surface area (Å²) in [5.74, 6) is 0. The number of allylic oxidation sites excluding steroid dienone is 1. The minimum absolute atomic E-state index is 0.416. The van der Waals surface area contributed by atoms with E-state index in [-0.39, 0.29) is 0 Å². The first-order valence-corrected chi connectivity index (χ1v) is 7.01. The maximum absolute atomic E-state index is 6.35. The van der Waals surface area contributed by atoms with Crippen LogP contribution in [0.1, 0.15) is 24.4 Å². The molecule has 1 N–H and O–H groups in total. The molecule has 1 atom stereocenters. The Bertz CT molecular complexity index is 386. The maximum Gasteiger partial charge on any atom is 0.0453 e. The van der Waals surface area contributed by atoms with Crippen molar-refractivity contribution in [2.24, 2.45) is 0 Å². The molecular weight excluding hydrogens is 244 g/mol. The van der Waals surface area contributed by atoms with Gasteiger partial charge in [0.25, 0.3) is 0 Å². The largest absolute Gasteiger partial charge is 0.314 e. The van der Waals surface area contributed by atoms with Gasteiger partial charge in [-0.3, -0.25) is 4.90 Å². The summed E-state index contributed by atoms with van der Waals surface area (Å²) in [6.45, 7) is 8.14. The SMILES string of the molecule is C=CCC[C@@H](c1ccccc1Cl)N1CCNCC1. The second-order valence-electron chi connectivity index (χ2n) is 4.69. The van der Waals surface area contributed by atoms with Gasteiger partial charge in [0.15, 0.2) is 0 Å². The second-order valence-corrected chi connectivity index (χ2v) is 5.10. The van der Waals surface area contributed by atoms with E-state index in [1.54, 1.807) is 0 Å². The predicted octanol–water partition coefficient (Wildman–Crippen LogP) is 3.25. The molecule has 1 aliphatic rings. The highest BCUT2D eigenvalue weighted by Gasteiger charge is 2.22. The van der Waals surface area contributed by atoms with Crippen LogP contribution >= 0.6 is 11.6 Å². The standard InChI is InChI=1S/C15H21ClN2/c1-2-3-8-15(18-11-9-17-10-12-18)13-6-4-5-7-14(13)16/h2,4-7,15,17H,1,3,8-12H2/t15-/m0/s1. The van der Waals surface area contributed by atoms with Gasteiger partial charge in [0.2, 0.25) is 0 Å². The summed E-state index contributed by atoms with van der Waals surface area (Å²) in [5, 5.41) is 4.28. The highest BCUT2D eigenvalue weighted by Crippen LogP contribution is 2.31. The lowest BCUT2D eigenvalue weighted by atomic mass is 9.99. The van der Waals surface area contributed by atoms with Crippen molar-refractivity contribution in [2.75, 3.05) is 26.2 Å². The van der Waals surface area contributed by atoms with Crippen LogP contribution in [0.15, 0.2) is 36.9 Å². The first-order chi connectivity index (χ1) is 8.83. The van der Waals surface area contributed by atoms with E-state index >= 15 is 0 Å². The van der Waals surface area contributed by atoms with Crippen LogP contribution in [0.5, 0.6) is 0 Å². The zero-order chi connectivity index (χ0) is 12.8. The van der Waals surface area contributed by atoms with Gasteiger partial charge in [0.1, 0.15) is 0 Å². The average Bonchev–Trinajstić information content (AvgIpc) is 2.42. The Labute approximate surface area is 115 Å². The Balaban J connectivity index is 2.18. The number of hydrogen-bond donors (Lipinski definition) is 1. The number of nitrogens with one attached hydrogen (secondary N) is 1. The molecule has 1 aliphatic heterocycles. The molecule has 18 heavy (non-hydrogen) atoms. The van der Waals surface area contributed by atoms with Gasteiger partial charge in [-0.1, -0.05) is 35.9 Å². The Morgan fingerprint density at radius 3 is 2.72 bits per heavy atom. The highest BCUT2D eigenvalue weighted by atomic mass is 35.5. The zero-order valence-electron chi connectivity index (χ0n) is 10.7. The van der Waals surface area contributed by atoms with Gasteiger partial charge >= 0.3 is 0 Å². The molecule has 2 nitrogen and oxygen atoms in total. The molecule has 0 spiro atoms. The first-order valence-electron chi connectivity index (χ1n) is 6.63. The summed E-state index contributed by atoms with van der Waals surface area (Å²) >= 11 is 6.35. The van der Waals surface area contributed by atoms with Crippen molar-refractivity contribution in [2.45, 2.75) is 18.9 Å². The Hall–Kier alpha value is -0.830. The van der Waals surface area contributed by atoms with Gasteiger partial charge in [0.05, 0.1) is 0 Å². The molecule has 1 heterocycles. The van der Waals surface area contributed by atoms with Crippen molar-refractivity contribution in [1.82, 2.24) is 10.2 Å².